The molecule has 0 spiro atoms. The summed E-state index contributed by atoms with van der Waals surface area (Å²) in [4.78, 5) is 11.6. The molecular formula is C12H13N3O2S. The summed E-state index contributed by atoms with van der Waals surface area (Å²) in [5.74, 6) is 0.718. The van der Waals surface area contributed by atoms with Crippen molar-refractivity contribution in [2.24, 2.45) is 0 Å². The van der Waals surface area contributed by atoms with Gasteiger partial charge in [0.05, 0.1) is 5.75 Å². The zero-order valence-corrected chi connectivity index (χ0v) is 10.7. The summed E-state index contributed by atoms with van der Waals surface area (Å²) in [6.45, 7) is 2.25. The fraction of sp³-hybridized carbons (Fsp3) is 0.250. The monoisotopic (exact) mass is 263 g/mol. The van der Waals surface area contributed by atoms with Crippen LogP contribution in [0.2, 0.25) is 0 Å². The molecule has 0 aliphatic carbocycles. The number of aromatic nitrogens is 2. The summed E-state index contributed by atoms with van der Waals surface area (Å²) < 4.78 is 5.16. The first kappa shape index (κ1) is 12.6. The Morgan fingerprint density at radius 2 is 2.11 bits per heavy atom. The lowest BCUT2D eigenvalue weighted by Crippen LogP contribution is -2.24. The third-order valence-electron chi connectivity index (χ3n) is 2.17. The van der Waals surface area contributed by atoms with Crippen molar-refractivity contribution in [1.29, 1.82) is 0 Å². The first-order chi connectivity index (χ1) is 8.74. The van der Waals surface area contributed by atoms with Crippen LogP contribution in [0, 0.1) is 6.92 Å². The molecule has 0 aliphatic rings. The van der Waals surface area contributed by atoms with Gasteiger partial charge in [0.15, 0.2) is 0 Å². The fourth-order valence-electron chi connectivity index (χ4n) is 1.31. The maximum Gasteiger partial charge on any atom is 0.277 e. The molecule has 1 amide bonds. The molecule has 6 heteroatoms. The topological polar surface area (TPSA) is 68.0 Å². The maximum atomic E-state index is 11.6. The van der Waals surface area contributed by atoms with Gasteiger partial charge in [0, 0.05) is 13.5 Å². The number of thioether (sulfide) groups is 1. The minimum Gasteiger partial charge on any atom is -0.416 e. The Labute approximate surface area is 109 Å². The van der Waals surface area contributed by atoms with Gasteiger partial charge in [-0.05, 0) is 5.56 Å². The molecule has 0 radical (unpaired) electrons. The second kappa shape index (κ2) is 6.20. The first-order valence-electron chi connectivity index (χ1n) is 5.47. The molecule has 0 saturated heterocycles. The molecule has 0 unspecified atom stereocenters. The maximum absolute atomic E-state index is 11.6. The van der Waals surface area contributed by atoms with Gasteiger partial charge in [0.1, 0.15) is 0 Å². The summed E-state index contributed by atoms with van der Waals surface area (Å²) in [5, 5.41) is 10.7. The third-order valence-corrected chi connectivity index (χ3v) is 2.99. The second-order valence-corrected chi connectivity index (χ2v) is 4.56. The van der Waals surface area contributed by atoms with Gasteiger partial charge >= 0.3 is 0 Å². The van der Waals surface area contributed by atoms with Crippen LogP contribution in [0.1, 0.15) is 11.5 Å². The van der Waals surface area contributed by atoms with Crippen molar-refractivity contribution in [3.8, 4) is 0 Å². The Hall–Kier alpha value is -1.82. The summed E-state index contributed by atoms with van der Waals surface area (Å²) >= 11 is 1.23. The quantitative estimate of drug-likeness (QED) is 0.833. The average Bonchev–Trinajstić information content (AvgIpc) is 2.81. The highest BCUT2D eigenvalue weighted by molar-refractivity contribution is 7.99. The van der Waals surface area contributed by atoms with Crippen LogP contribution < -0.4 is 5.32 Å². The van der Waals surface area contributed by atoms with E-state index in [0.29, 0.717) is 17.7 Å². The Morgan fingerprint density at radius 3 is 2.78 bits per heavy atom. The van der Waals surface area contributed by atoms with Gasteiger partial charge in [0.25, 0.3) is 5.22 Å². The van der Waals surface area contributed by atoms with E-state index in [-0.39, 0.29) is 11.7 Å². The lowest BCUT2D eigenvalue weighted by molar-refractivity contribution is -0.118. The Balaban J connectivity index is 1.73. The van der Waals surface area contributed by atoms with E-state index < -0.39 is 0 Å². The van der Waals surface area contributed by atoms with E-state index in [0.717, 1.165) is 5.56 Å². The number of hydrogen-bond donors (Lipinski definition) is 1. The summed E-state index contributed by atoms with van der Waals surface area (Å²) in [5.41, 5.74) is 1.07. The van der Waals surface area contributed by atoms with Crippen molar-refractivity contribution >= 4 is 17.7 Å². The van der Waals surface area contributed by atoms with Gasteiger partial charge in [-0.2, -0.15) is 0 Å². The Bertz CT molecular complexity index is 513. The normalized spacial score (nSPS) is 10.3. The largest absolute Gasteiger partial charge is 0.416 e. The number of carbonyl (C=O) groups is 1. The van der Waals surface area contributed by atoms with Crippen molar-refractivity contribution in [3.63, 3.8) is 0 Å². The molecule has 94 valence electrons. The van der Waals surface area contributed by atoms with Gasteiger partial charge in [0.2, 0.25) is 11.8 Å². The number of rotatable bonds is 5. The number of benzene rings is 1. The van der Waals surface area contributed by atoms with Crippen molar-refractivity contribution in [1.82, 2.24) is 15.5 Å². The van der Waals surface area contributed by atoms with Gasteiger partial charge in [-0.3, -0.25) is 4.79 Å². The molecule has 2 rings (SSSR count). The zero-order chi connectivity index (χ0) is 12.8. The molecule has 0 aliphatic heterocycles. The van der Waals surface area contributed by atoms with Crippen LogP contribution in [-0.4, -0.2) is 21.9 Å². The number of hydrogen-bond acceptors (Lipinski definition) is 5. The van der Waals surface area contributed by atoms with Crippen LogP contribution in [0.25, 0.3) is 0 Å². The SMILES string of the molecule is Cc1nnc(SCC(=O)NCc2ccccc2)o1. The molecule has 5 nitrogen and oxygen atoms in total. The standard InChI is InChI=1S/C12H13N3O2S/c1-9-14-15-12(17-9)18-8-11(16)13-7-10-5-3-2-4-6-10/h2-6H,7-8H2,1H3,(H,13,16). The number of nitrogens with one attached hydrogen (secondary N) is 1. The summed E-state index contributed by atoms with van der Waals surface area (Å²) in [7, 11) is 0. The van der Waals surface area contributed by atoms with E-state index in [2.05, 4.69) is 15.5 Å². The zero-order valence-electron chi connectivity index (χ0n) is 9.92. The van der Waals surface area contributed by atoms with Gasteiger partial charge in [-0.1, -0.05) is 42.1 Å². The molecule has 18 heavy (non-hydrogen) atoms. The van der Waals surface area contributed by atoms with Crippen LogP contribution in [0.3, 0.4) is 0 Å². The molecule has 0 bridgehead atoms. The van der Waals surface area contributed by atoms with Crippen molar-refractivity contribution in [2.45, 2.75) is 18.7 Å². The van der Waals surface area contributed by atoms with Crippen LogP contribution in [-0.2, 0) is 11.3 Å². The number of nitrogens with zero attached hydrogens (tertiary/aromatic N) is 2. The number of carbonyl (C=O) groups excluding carboxylic acids is 1. The molecule has 0 saturated carbocycles. The smallest absolute Gasteiger partial charge is 0.277 e. The van der Waals surface area contributed by atoms with Gasteiger partial charge in [-0.15, -0.1) is 10.2 Å². The van der Waals surface area contributed by atoms with E-state index in [1.807, 2.05) is 30.3 Å². The van der Waals surface area contributed by atoms with Crippen LogP contribution in [0.5, 0.6) is 0 Å². The predicted molar refractivity (Wildman–Crippen MR) is 68.0 cm³/mol. The predicted octanol–water partition coefficient (Wildman–Crippen LogP) is 1.79. The van der Waals surface area contributed by atoms with Crippen LogP contribution >= 0.6 is 11.8 Å². The molecule has 1 heterocycles. The molecular weight excluding hydrogens is 250 g/mol. The Morgan fingerprint density at radius 1 is 1.33 bits per heavy atom. The van der Waals surface area contributed by atoms with Crippen molar-refractivity contribution < 1.29 is 9.21 Å². The van der Waals surface area contributed by atoms with Crippen LogP contribution in [0.15, 0.2) is 40.0 Å². The summed E-state index contributed by atoms with van der Waals surface area (Å²) in [6.07, 6.45) is 0. The van der Waals surface area contributed by atoms with Crippen molar-refractivity contribution in [3.05, 3.63) is 41.8 Å². The molecule has 0 atom stereocenters. The van der Waals surface area contributed by atoms with E-state index in [1.54, 1.807) is 6.92 Å². The fourth-order valence-corrected chi connectivity index (χ4v) is 1.95. The molecule has 1 N–H and O–H groups in total. The highest BCUT2D eigenvalue weighted by Crippen LogP contribution is 2.14. The lowest BCUT2D eigenvalue weighted by atomic mass is 10.2. The lowest BCUT2D eigenvalue weighted by Gasteiger charge is -2.03. The average molecular weight is 263 g/mol. The Kier molecular flexibility index (Phi) is 4.35. The van der Waals surface area contributed by atoms with Gasteiger partial charge in [-0.25, -0.2) is 0 Å². The van der Waals surface area contributed by atoms with Gasteiger partial charge < -0.3 is 9.73 Å². The van der Waals surface area contributed by atoms with Crippen molar-refractivity contribution in [2.75, 3.05) is 5.75 Å². The second-order valence-electron chi connectivity index (χ2n) is 3.64. The highest BCUT2D eigenvalue weighted by Gasteiger charge is 2.07. The summed E-state index contributed by atoms with van der Waals surface area (Å²) in [6, 6.07) is 9.76. The molecule has 1 aromatic heterocycles. The van der Waals surface area contributed by atoms with E-state index in [9.17, 15) is 4.79 Å². The van der Waals surface area contributed by atoms with Crippen LogP contribution in [0.4, 0.5) is 0 Å². The molecule has 2 aromatic rings. The van der Waals surface area contributed by atoms with E-state index in [4.69, 9.17) is 4.42 Å². The highest BCUT2D eigenvalue weighted by atomic mass is 32.2. The number of aryl methyl sites for hydroxylation is 1. The molecule has 1 aromatic carbocycles. The molecule has 0 fully saturated rings. The van der Waals surface area contributed by atoms with E-state index in [1.165, 1.54) is 11.8 Å². The first-order valence-corrected chi connectivity index (χ1v) is 6.46. The van der Waals surface area contributed by atoms with E-state index >= 15 is 0 Å². The number of amides is 1. The third kappa shape index (κ3) is 3.89. The minimum atomic E-state index is -0.0558. The minimum absolute atomic E-state index is 0.0558.